The Labute approximate surface area is 229 Å². The predicted octanol–water partition coefficient (Wildman–Crippen LogP) is 4.88. The molecule has 11 heteroatoms. The van der Waals surface area contributed by atoms with Gasteiger partial charge in [-0.1, -0.05) is 29.3 Å². The van der Waals surface area contributed by atoms with Gasteiger partial charge in [0.1, 0.15) is 11.8 Å². The van der Waals surface area contributed by atoms with Gasteiger partial charge in [-0.05, 0) is 76.1 Å². The number of anilines is 1. The minimum atomic E-state index is -3.59. The van der Waals surface area contributed by atoms with Gasteiger partial charge in [-0.2, -0.15) is 0 Å². The molecule has 0 bridgehead atoms. The smallest absolute Gasteiger partial charge is 0.242 e. The number of carbonyl (C=O) groups excluding carboxylic acids is 2. The number of methoxy groups -OCH3 is 1. The quantitative estimate of drug-likeness (QED) is 0.414. The van der Waals surface area contributed by atoms with Gasteiger partial charge in [0.25, 0.3) is 0 Å². The molecule has 2 amide bonds. The molecule has 0 unspecified atom stereocenters. The third-order valence-electron chi connectivity index (χ3n) is 5.53. The van der Waals surface area contributed by atoms with Gasteiger partial charge in [-0.25, -0.2) is 8.42 Å². The van der Waals surface area contributed by atoms with Gasteiger partial charge in [0.05, 0.1) is 19.1 Å². The van der Waals surface area contributed by atoms with Crippen molar-refractivity contribution in [1.29, 1.82) is 0 Å². The number of ether oxygens (including phenoxy) is 1. The highest BCUT2D eigenvalue weighted by Gasteiger charge is 2.29. The fourth-order valence-electron chi connectivity index (χ4n) is 3.64. The van der Waals surface area contributed by atoms with Crippen molar-refractivity contribution >= 4 is 50.7 Å². The Bertz CT molecular complexity index is 1200. The second-order valence-corrected chi connectivity index (χ2v) is 12.6. The number of sulfonamides is 1. The molecule has 1 atom stereocenters. The minimum absolute atomic E-state index is 0.0283. The molecule has 0 aromatic heterocycles. The van der Waals surface area contributed by atoms with Crippen LogP contribution in [0.2, 0.25) is 10.0 Å². The Morgan fingerprint density at radius 1 is 1.08 bits per heavy atom. The number of benzene rings is 2. The number of nitrogens with zero attached hydrogens (tertiary/aromatic N) is 2. The molecule has 1 N–H and O–H groups in total. The molecule has 0 saturated carbocycles. The molecule has 2 aromatic rings. The third-order valence-corrected chi connectivity index (χ3v) is 7.31. The second kappa shape index (κ2) is 12.8. The van der Waals surface area contributed by atoms with Crippen molar-refractivity contribution in [3.63, 3.8) is 0 Å². The van der Waals surface area contributed by atoms with E-state index in [0.717, 1.165) is 6.26 Å². The van der Waals surface area contributed by atoms with Gasteiger partial charge in [0.15, 0.2) is 0 Å². The fraction of sp³-hybridized carbons (Fsp3) is 0.462. The van der Waals surface area contributed by atoms with Crippen molar-refractivity contribution in [1.82, 2.24) is 10.2 Å². The molecule has 0 aliphatic rings. The third kappa shape index (κ3) is 9.39. The van der Waals surface area contributed by atoms with Crippen LogP contribution in [0.25, 0.3) is 0 Å². The molecule has 0 heterocycles. The SMILES string of the molecule is COc1ccc(N(CCCC(=O)N(Cc2ccc(Cl)cc2Cl)[C@@H](C)C(=O)NC(C)(C)C)S(C)(=O)=O)cc1. The summed E-state index contributed by atoms with van der Waals surface area (Å²) in [4.78, 5) is 27.8. The summed E-state index contributed by atoms with van der Waals surface area (Å²) < 4.78 is 31.3. The van der Waals surface area contributed by atoms with Gasteiger partial charge < -0.3 is 15.0 Å². The van der Waals surface area contributed by atoms with Crippen LogP contribution in [0.1, 0.15) is 46.1 Å². The first-order valence-electron chi connectivity index (χ1n) is 11.8. The molecule has 0 aliphatic heterocycles. The van der Waals surface area contributed by atoms with E-state index in [1.54, 1.807) is 49.4 Å². The highest BCUT2D eigenvalue weighted by Crippen LogP contribution is 2.25. The Kier molecular flexibility index (Phi) is 10.7. The van der Waals surface area contributed by atoms with Crippen LogP contribution >= 0.6 is 23.2 Å². The summed E-state index contributed by atoms with van der Waals surface area (Å²) in [5.41, 5.74) is 0.635. The van der Waals surface area contributed by atoms with Crippen LogP contribution in [0.5, 0.6) is 5.75 Å². The Morgan fingerprint density at radius 2 is 1.70 bits per heavy atom. The fourth-order valence-corrected chi connectivity index (χ4v) is 5.08. The van der Waals surface area contributed by atoms with E-state index in [9.17, 15) is 18.0 Å². The van der Waals surface area contributed by atoms with E-state index in [2.05, 4.69) is 5.32 Å². The van der Waals surface area contributed by atoms with E-state index >= 15 is 0 Å². The van der Waals surface area contributed by atoms with Crippen LogP contribution in [0.15, 0.2) is 42.5 Å². The molecule has 0 saturated heterocycles. The van der Waals surface area contributed by atoms with Crippen molar-refractivity contribution < 1.29 is 22.7 Å². The van der Waals surface area contributed by atoms with E-state index in [1.165, 1.54) is 16.3 Å². The highest BCUT2D eigenvalue weighted by molar-refractivity contribution is 7.92. The van der Waals surface area contributed by atoms with Crippen LogP contribution in [0, 0.1) is 0 Å². The Morgan fingerprint density at radius 3 is 2.22 bits per heavy atom. The maximum absolute atomic E-state index is 13.4. The van der Waals surface area contributed by atoms with Gasteiger partial charge >= 0.3 is 0 Å². The Hall–Kier alpha value is -2.49. The van der Waals surface area contributed by atoms with E-state index < -0.39 is 21.6 Å². The highest BCUT2D eigenvalue weighted by atomic mass is 35.5. The first-order valence-corrected chi connectivity index (χ1v) is 14.4. The van der Waals surface area contributed by atoms with E-state index in [4.69, 9.17) is 27.9 Å². The number of hydrogen-bond acceptors (Lipinski definition) is 5. The number of amides is 2. The van der Waals surface area contributed by atoms with Crippen LogP contribution in [-0.4, -0.2) is 56.6 Å². The standard InChI is InChI=1S/C26H35Cl2N3O5S/c1-18(25(33)29-26(2,3)4)30(17-19-9-10-20(27)16-23(19)28)24(32)8-7-15-31(37(6,34)35)21-11-13-22(36-5)14-12-21/h9-14,16,18H,7-8,15,17H2,1-6H3,(H,29,33)/t18-/m0/s1. The van der Waals surface area contributed by atoms with Crippen molar-refractivity contribution in [2.45, 2.75) is 58.7 Å². The lowest BCUT2D eigenvalue weighted by atomic mass is 10.1. The topological polar surface area (TPSA) is 96.0 Å². The molecule has 0 radical (unpaired) electrons. The van der Waals surface area contributed by atoms with Gasteiger partial charge in [-0.3, -0.25) is 13.9 Å². The minimum Gasteiger partial charge on any atom is -0.497 e. The first kappa shape index (κ1) is 30.7. The van der Waals surface area contributed by atoms with E-state index in [-0.39, 0.29) is 37.7 Å². The van der Waals surface area contributed by atoms with Crippen LogP contribution in [0.3, 0.4) is 0 Å². The number of carbonyl (C=O) groups is 2. The number of halogens is 2. The van der Waals surface area contributed by atoms with Crippen molar-refractivity contribution in [3.05, 3.63) is 58.1 Å². The average Bonchev–Trinajstić information content (AvgIpc) is 2.79. The van der Waals surface area contributed by atoms with Crippen molar-refractivity contribution in [2.75, 3.05) is 24.2 Å². The molecule has 0 fully saturated rings. The zero-order valence-corrected chi connectivity index (χ0v) is 24.4. The summed E-state index contributed by atoms with van der Waals surface area (Å²) in [6, 6.07) is 10.8. The lowest BCUT2D eigenvalue weighted by Crippen LogP contribution is -2.52. The van der Waals surface area contributed by atoms with Gasteiger partial charge in [-0.15, -0.1) is 0 Å². The molecule has 0 aliphatic carbocycles. The molecule has 2 rings (SSSR count). The van der Waals surface area contributed by atoms with Crippen molar-refractivity contribution in [2.24, 2.45) is 0 Å². The largest absolute Gasteiger partial charge is 0.497 e. The van der Waals surface area contributed by atoms with Crippen molar-refractivity contribution in [3.8, 4) is 5.75 Å². The molecule has 204 valence electrons. The first-order chi connectivity index (χ1) is 17.1. The lowest BCUT2D eigenvalue weighted by Gasteiger charge is -2.32. The monoisotopic (exact) mass is 571 g/mol. The summed E-state index contributed by atoms with van der Waals surface area (Å²) in [6.07, 6.45) is 1.39. The number of nitrogens with one attached hydrogen (secondary N) is 1. The van der Waals surface area contributed by atoms with Crippen LogP contribution in [-0.2, 0) is 26.2 Å². The molecule has 2 aromatic carbocycles. The zero-order valence-electron chi connectivity index (χ0n) is 22.0. The molecule has 8 nitrogen and oxygen atoms in total. The molecule has 0 spiro atoms. The summed E-state index contributed by atoms with van der Waals surface area (Å²) in [5.74, 6) is -0.000842. The predicted molar refractivity (Wildman–Crippen MR) is 149 cm³/mol. The lowest BCUT2D eigenvalue weighted by molar-refractivity contribution is -0.141. The molecular formula is C26H35Cl2N3O5S. The maximum Gasteiger partial charge on any atom is 0.242 e. The number of hydrogen-bond donors (Lipinski definition) is 1. The van der Waals surface area contributed by atoms with E-state index in [0.29, 0.717) is 27.0 Å². The summed E-state index contributed by atoms with van der Waals surface area (Å²) in [5, 5.41) is 3.75. The zero-order chi connectivity index (χ0) is 28.0. The van der Waals surface area contributed by atoms with Gasteiger partial charge in [0.2, 0.25) is 21.8 Å². The molecule has 37 heavy (non-hydrogen) atoms. The van der Waals surface area contributed by atoms with E-state index in [1.807, 2.05) is 20.8 Å². The molecular weight excluding hydrogens is 537 g/mol. The summed E-state index contributed by atoms with van der Waals surface area (Å²) >= 11 is 12.4. The summed E-state index contributed by atoms with van der Waals surface area (Å²) in [7, 11) is -2.06. The Balaban J connectivity index is 2.22. The summed E-state index contributed by atoms with van der Waals surface area (Å²) in [6.45, 7) is 7.43. The normalized spacial score (nSPS) is 12.5. The van der Waals surface area contributed by atoms with Crippen LogP contribution in [0.4, 0.5) is 5.69 Å². The maximum atomic E-state index is 13.4. The van der Waals surface area contributed by atoms with Gasteiger partial charge in [0, 0.05) is 35.1 Å². The second-order valence-electron chi connectivity index (χ2n) is 9.81. The average molecular weight is 573 g/mol. The number of rotatable bonds is 11. The van der Waals surface area contributed by atoms with Crippen LogP contribution < -0.4 is 14.4 Å².